The largest absolute Gasteiger partial charge is 0.354 e. The summed E-state index contributed by atoms with van der Waals surface area (Å²) < 4.78 is 0. The molecule has 9 heteroatoms. The predicted molar refractivity (Wildman–Crippen MR) is 172 cm³/mol. The predicted octanol–water partition coefficient (Wildman–Crippen LogP) is 10.3. The second-order valence-corrected chi connectivity index (χ2v) is 12.8. The number of H-pyrrole nitrogens is 2. The van der Waals surface area contributed by atoms with E-state index >= 15 is 0 Å². The van der Waals surface area contributed by atoms with Gasteiger partial charge in [0.25, 0.3) is 5.69 Å². The molecule has 0 aromatic carbocycles. The van der Waals surface area contributed by atoms with Crippen LogP contribution < -0.4 is 0 Å². The van der Waals surface area contributed by atoms with E-state index < -0.39 is 0 Å². The van der Waals surface area contributed by atoms with Gasteiger partial charge >= 0.3 is 0 Å². The number of thiophene rings is 4. The molecule has 0 amide bonds. The van der Waals surface area contributed by atoms with E-state index in [1.165, 1.54) is 26.0 Å². The molecule has 2 N–H and O–H groups in total. The summed E-state index contributed by atoms with van der Waals surface area (Å²) >= 11 is 6.51. The molecule has 192 valence electrons. The zero-order chi connectivity index (χ0) is 26.6. The Morgan fingerprint density at radius 3 is 1.72 bits per heavy atom. The van der Waals surface area contributed by atoms with Crippen LogP contribution in [0.2, 0.25) is 0 Å². The first-order valence-electron chi connectivity index (χ1n) is 12.0. The lowest BCUT2D eigenvalue weighted by Crippen LogP contribution is -1.86. The molecule has 0 radical (unpaired) electrons. The molecule has 39 heavy (non-hydrogen) atoms. The highest BCUT2D eigenvalue weighted by Gasteiger charge is 2.16. The van der Waals surface area contributed by atoms with Gasteiger partial charge in [0.15, 0.2) is 0 Å². The van der Waals surface area contributed by atoms with Crippen molar-refractivity contribution in [3.63, 3.8) is 0 Å². The first kappa shape index (κ1) is 25.3. The quantitative estimate of drug-likeness (QED) is 0.131. The molecule has 0 fully saturated rings. The third kappa shape index (κ3) is 6.18. The minimum absolute atomic E-state index is 0.116. The van der Waals surface area contributed by atoms with Gasteiger partial charge in [-0.15, -0.1) is 45.3 Å². The summed E-state index contributed by atoms with van der Waals surface area (Å²) in [6.07, 6.45) is 16.1. The molecule has 6 heterocycles. The summed E-state index contributed by atoms with van der Waals surface area (Å²) in [7, 11) is 0. The van der Waals surface area contributed by atoms with E-state index in [0.29, 0.717) is 4.88 Å². The molecule has 0 saturated carbocycles. The van der Waals surface area contributed by atoms with Crippen molar-refractivity contribution in [2.24, 2.45) is 0 Å². The Hall–Kier alpha value is -4.02. The van der Waals surface area contributed by atoms with Gasteiger partial charge in [0.2, 0.25) is 0 Å². The summed E-state index contributed by atoms with van der Waals surface area (Å²) in [6, 6.07) is 18.1. The first-order chi connectivity index (χ1) is 19.1. The Bertz CT molecular complexity index is 1810. The highest BCUT2D eigenvalue weighted by molar-refractivity contribution is 7.14. The van der Waals surface area contributed by atoms with E-state index in [9.17, 15) is 10.1 Å². The van der Waals surface area contributed by atoms with Gasteiger partial charge in [-0.05, 0) is 95.8 Å². The number of nitro groups is 1. The molecule has 0 aliphatic heterocycles. The average molecular weight is 584 g/mol. The molecule has 6 rings (SSSR count). The van der Waals surface area contributed by atoms with E-state index in [-0.39, 0.29) is 10.6 Å². The number of hydrogen-bond acceptors (Lipinski definition) is 6. The van der Waals surface area contributed by atoms with Gasteiger partial charge in [0.1, 0.15) is 4.88 Å². The van der Waals surface area contributed by atoms with Gasteiger partial charge < -0.3 is 9.97 Å². The average Bonchev–Trinajstić information content (AvgIpc) is 3.75. The van der Waals surface area contributed by atoms with Gasteiger partial charge in [-0.25, -0.2) is 0 Å². The fourth-order valence-electron chi connectivity index (χ4n) is 3.98. The van der Waals surface area contributed by atoms with E-state index in [1.807, 2.05) is 41.8 Å². The van der Waals surface area contributed by atoms with Crippen molar-refractivity contribution in [3.8, 4) is 0 Å². The number of nitrogens with zero attached hydrogens (tertiary/aromatic N) is 1. The number of rotatable bonds is 9. The molecule has 0 unspecified atom stereocenters. The Morgan fingerprint density at radius 1 is 0.615 bits per heavy atom. The fourth-order valence-corrected chi connectivity index (χ4v) is 6.97. The molecule has 0 atom stereocenters. The topological polar surface area (TPSA) is 74.7 Å². The highest BCUT2D eigenvalue weighted by Crippen LogP contribution is 2.33. The zero-order valence-electron chi connectivity index (χ0n) is 20.4. The third-order valence-electron chi connectivity index (χ3n) is 5.80. The van der Waals surface area contributed by atoms with Crippen LogP contribution in [-0.4, -0.2) is 14.9 Å². The number of nitrogens with one attached hydrogen (secondary N) is 2. The summed E-state index contributed by atoms with van der Waals surface area (Å²) in [5, 5.41) is 15.7. The first-order valence-corrected chi connectivity index (χ1v) is 15.4. The normalized spacial score (nSPS) is 12.4. The van der Waals surface area contributed by atoms with Gasteiger partial charge in [0.05, 0.1) is 16.0 Å². The second kappa shape index (κ2) is 11.4. The van der Waals surface area contributed by atoms with Crippen LogP contribution in [-0.2, 0) is 0 Å². The van der Waals surface area contributed by atoms with Crippen molar-refractivity contribution in [2.45, 2.75) is 0 Å². The van der Waals surface area contributed by atoms with E-state index in [2.05, 4.69) is 70.0 Å². The number of aromatic nitrogens is 2. The number of aromatic amines is 2. The van der Waals surface area contributed by atoms with Crippen LogP contribution in [0.25, 0.3) is 59.6 Å². The van der Waals surface area contributed by atoms with Crippen molar-refractivity contribution >= 4 is 111 Å². The molecular formula is C30H21N3O2S4. The third-order valence-corrected chi connectivity index (χ3v) is 9.55. The van der Waals surface area contributed by atoms with Crippen molar-refractivity contribution in [1.82, 2.24) is 9.97 Å². The van der Waals surface area contributed by atoms with Crippen molar-refractivity contribution in [1.29, 1.82) is 0 Å². The van der Waals surface area contributed by atoms with Crippen LogP contribution in [0.5, 0.6) is 0 Å². The highest BCUT2D eigenvalue weighted by atomic mass is 32.1. The van der Waals surface area contributed by atoms with Crippen molar-refractivity contribution < 1.29 is 4.92 Å². The Balaban J connectivity index is 1.13. The van der Waals surface area contributed by atoms with Crippen LogP contribution >= 0.6 is 45.3 Å². The SMILES string of the molecule is O=[N+]([O-])c1cc(/C=C/c2cccs2)sc1/C=C/c1cc2[nH]c(/C=C/c3ccc(/C=C/c4cccs4)s3)cc2[nH]1. The summed E-state index contributed by atoms with van der Waals surface area (Å²) in [5.74, 6) is 0. The molecule has 6 aromatic heterocycles. The van der Waals surface area contributed by atoms with E-state index in [4.69, 9.17) is 0 Å². The van der Waals surface area contributed by atoms with E-state index in [0.717, 1.165) is 32.2 Å². The number of hydrogen-bond donors (Lipinski definition) is 2. The maximum absolute atomic E-state index is 11.6. The van der Waals surface area contributed by atoms with Crippen LogP contribution in [0.4, 0.5) is 5.69 Å². The molecule has 0 spiro atoms. The van der Waals surface area contributed by atoms with E-state index in [1.54, 1.807) is 46.2 Å². The fraction of sp³-hybridized carbons (Fsp3) is 0. The zero-order valence-corrected chi connectivity index (χ0v) is 23.6. The molecule has 0 bridgehead atoms. The van der Waals surface area contributed by atoms with Gasteiger partial charge in [-0.2, -0.15) is 0 Å². The lowest BCUT2D eigenvalue weighted by Gasteiger charge is -1.89. The second-order valence-electron chi connectivity index (χ2n) is 8.54. The molecule has 0 saturated heterocycles. The van der Waals surface area contributed by atoms with Crippen LogP contribution in [0.3, 0.4) is 0 Å². The van der Waals surface area contributed by atoms with Crippen LogP contribution in [0, 0.1) is 10.1 Å². The maximum atomic E-state index is 11.6. The lowest BCUT2D eigenvalue weighted by atomic mass is 10.3. The van der Waals surface area contributed by atoms with Crippen LogP contribution in [0.15, 0.2) is 65.4 Å². The Morgan fingerprint density at radius 2 is 1.15 bits per heavy atom. The maximum Gasteiger partial charge on any atom is 0.287 e. The molecule has 5 nitrogen and oxygen atoms in total. The molecular weight excluding hydrogens is 563 g/mol. The number of fused-ring (bicyclic) bond motifs is 1. The minimum atomic E-state index is -0.327. The molecule has 6 aromatic rings. The summed E-state index contributed by atoms with van der Waals surface area (Å²) in [5.41, 5.74) is 3.98. The molecule has 0 aliphatic carbocycles. The summed E-state index contributed by atoms with van der Waals surface area (Å²) in [4.78, 5) is 24.3. The van der Waals surface area contributed by atoms with Gasteiger partial charge in [-0.1, -0.05) is 12.1 Å². The van der Waals surface area contributed by atoms with Crippen molar-refractivity contribution in [2.75, 3.05) is 0 Å². The standard InChI is InChI=1S/C30H21N3O2S4/c34-33(35)29-19-26(13-9-23-4-2-16-37-23)39-30(29)14-6-21-18-28-27(32-21)17-20(31-28)5-7-24-11-12-25(38-24)10-8-22-3-1-15-36-22/h1-19,31-32H/b7-5+,10-8+,13-9+,14-6+. The monoisotopic (exact) mass is 583 g/mol. The van der Waals surface area contributed by atoms with Gasteiger partial charge in [0, 0.05) is 41.8 Å². The lowest BCUT2D eigenvalue weighted by molar-refractivity contribution is -0.384. The Labute approximate surface area is 240 Å². The smallest absolute Gasteiger partial charge is 0.287 e. The Kier molecular flexibility index (Phi) is 7.38. The minimum Gasteiger partial charge on any atom is -0.354 e. The van der Waals surface area contributed by atoms with Crippen LogP contribution in [0.1, 0.15) is 40.7 Å². The molecule has 0 aliphatic rings. The summed E-state index contributed by atoms with van der Waals surface area (Å²) in [6.45, 7) is 0. The van der Waals surface area contributed by atoms with Crippen molar-refractivity contribution in [3.05, 3.63) is 116 Å². The van der Waals surface area contributed by atoms with Gasteiger partial charge in [-0.3, -0.25) is 10.1 Å².